The van der Waals surface area contributed by atoms with Crippen LogP contribution in [0.3, 0.4) is 0 Å². The summed E-state index contributed by atoms with van der Waals surface area (Å²) < 4.78 is 26.8. The molecule has 0 unspecified atom stereocenters. The van der Waals surface area contributed by atoms with Gasteiger partial charge in [-0.15, -0.1) is 10.2 Å². The molecule has 2 aromatic rings. The fourth-order valence-electron chi connectivity index (χ4n) is 2.31. The van der Waals surface area contributed by atoms with Crippen LogP contribution in [0.4, 0.5) is 19.6 Å². The van der Waals surface area contributed by atoms with Crippen molar-refractivity contribution in [2.45, 2.75) is 13.3 Å². The number of benzene rings is 1. The van der Waals surface area contributed by atoms with Gasteiger partial charge in [0.25, 0.3) is 0 Å². The van der Waals surface area contributed by atoms with Crippen molar-refractivity contribution in [2.24, 2.45) is 0 Å². The average Bonchev–Trinajstić information content (AvgIpc) is 2.97. The third-order valence-corrected chi connectivity index (χ3v) is 4.58. The lowest BCUT2D eigenvalue weighted by molar-refractivity contribution is -0.117. The second-order valence-corrected chi connectivity index (χ2v) is 5.94. The molecule has 3 rings (SSSR count). The van der Waals surface area contributed by atoms with Gasteiger partial charge in [0.2, 0.25) is 11.0 Å². The number of amides is 1. The second-order valence-electron chi connectivity index (χ2n) is 4.89. The smallest absolute Gasteiger partial charge is 0.246 e. The van der Waals surface area contributed by atoms with E-state index >= 15 is 0 Å². The van der Waals surface area contributed by atoms with Crippen LogP contribution in [0.25, 0.3) is 0 Å². The number of piperazine rings is 1. The maximum atomic E-state index is 13.8. The van der Waals surface area contributed by atoms with Gasteiger partial charge in [0.15, 0.2) is 0 Å². The van der Waals surface area contributed by atoms with Crippen LogP contribution >= 0.6 is 11.3 Å². The Morgan fingerprint density at radius 1 is 1.27 bits per heavy atom. The Labute approximate surface area is 130 Å². The van der Waals surface area contributed by atoms with Gasteiger partial charge < -0.3 is 9.80 Å². The zero-order chi connectivity index (χ0) is 15.7. The van der Waals surface area contributed by atoms with E-state index in [1.54, 1.807) is 0 Å². The van der Waals surface area contributed by atoms with E-state index in [9.17, 15) is 13.6 Å². The number of hydrogen-bond donors (Lipinski definition) is 0. The van der Waals surface area contributed by atoms with Crippen molar-refractivity contribution in [3.8, 4) is 0 Å². The molecule has 0 N–H and O–H groups in total. The summed E-state index contributed by atoms with van der Waals surface area (Å²) in [6.07, 6.45) is 0.798. The van der Waals surface area contributed by atoms with Gasteiger partial charge in [-0.2, -0.15) is 0 Å². The van der Waals surface area contributed by atoms with E-state index < -0.39 is 11.6 Å². The molecule has 8 heteroatoms. The topological polar surface area (TPSA) is 49.3 Å². The van der Waals surface area contributed by atoms with Gasteiger partial charge in [-0.05, 0) is 18.6 Å². The van der Waals surface area contributed by atoms with Crippen LogP contribution in [0.5, 0.6) is 0 Å². The summed E-state index contributed by atoms with van der Waals surface area (Å²) in [6.45, 7) is 2.95. The minimum atomic E-state index is -0.731. The van der Waals surface area contributed by atoms with Crippen LogP contribution in [0.1, 0.15) is 11.9 Å². The summed E-state index contributed by atoms with van der Waals surface area (Å²) in [5, 5.41) is 9.72. The number of carbonyl (C=O) groups excluding carboxylic acids is 1. The molecule has 1 aliphatic rings. The lowest BCUT2D eigenvalue weighted by Gasteiger charge is -2.34. The second kappa shape index (κ2) is 5.96. The summed E-state index contributed by atoms with van der Waals surface area (Å²) in [5.41, 5.74) is 0.109. The Balaban J connectivity index is 1.76. The summed E-state index contributed by atoms with van der Waals surface area (Å²) >= 11 is 1.45. The molecular weight excluding hydrogens is 310 g/mol. The van der Waals surface area contributed by atoms with Gasteiger partial charge in [0.1, 0.15) is 16.6 Å². The molecule has 0 aliphatic carbocycles. The van der Waals surface area contributed by atoms with Crippen LogP contribution in [-0.4, -0.2) is 35.7 Å². The first-order chi connectivity index (χ1) is 10.6. The van der Waals surface area contributed by atoms with Gasteiger partial charge in [-0.1, -0.05) is 18.3 Å². The number of aryl methyl sites for hydroxylation is 1. The third kappa shape index (κ3) is 2.78. The average molecular weight is 324 g/mol. The highest BCUT2D eigenvalue weighted by atomic mass is 32.1. The maximum Gasteiger partial charge on any atom is 0.246 e. The van der Waals surface area contributed by atoms with Crippen molar-refractivity contribution in [1.29, 1.82) is 0 Å². The largest absolute Gasteiger partial charge is 0.336 e. The Kier molecular flexibility index (Phi) is 4.02. The zero-order valence-corrected chi connectivity index (χ0v) is 12.7. The van der Waals surface area contributed by atoms with Gasteiger partial charge in [-0.25, -0.2) is 8.78 Å². The summed E-state index contributed by atoms with van der Waals surface area (Å²) in [7, 11) is 0. The molecule has 0 bridgehead atoms. The fraction of sp³-hybridized carbons (Fsp3) is 0.357. The van der Waals surface area contributed by atoms with E-state index in [0.29, 0.717) is 18.2 Å². The third-order valence-electron chi connectivity index (χ3n) is 3.45. The van der Waals surface area contributed by atoms with Crippen LogP contribution in [0.2, 0.25) is 0 Å². The molecule has 5 nitrogen and oxygen atoms in total. The van der Waals surface area contributed by atoms with E-state index in [1.807, 2.05) is 11.8 Å². The highest BCUT2D eigenvalue weighted by molar-refractivity contribution is 7.15. The minimum absolute atomic E-state index is 0.106. The SMILES string of the molecule is CCc1nnc(N2CCN(c3ccc(F)cc3F)C(=O)C2)s1. The van der Waals surface area contributed by atoms with Crippen LogP contribution < -0.4 is 9.80 Å². The summed E-state index contributed by atoms with van der Waals surface area (Å²) in [5.74, 6) is -1.63. The molecule has 1 aliphatic heterocycles. The molecule has 1 saturated heterocycles. The molecule has 22 heavy (non-hydrogen) atoms. The number of anilines is 2. The first-order valence-corrected chi connectivity index (χ1v) is 7.73. The number of carbonyl (C=O) groups is 1. The highest BCUT2D eigenvalue weighted by Crippen LogP contribution is 2.26. The maximum absolute atomic E-state index is 13.8. The Bertz CT molecular complexity index is 706. The molecule has 1 aromatic carbocycles. The molecule has 0 atom stereocenters. The van der Waals surface area contributed by atoms with Gasteiger partial charge >= 0.3 is 0 Å². The predicted molar refractivity (Wildman–Crippen MR) is 80.2 cm³/mol. The van der Waals surface area contributed by atoms with E-state index in [2.05, 4.69) is 10.2 Å². The summed E-state index contributed by atoms with van der Waals surface area (Å²) in [6, 6.07) is 3.22. The lowest BCUT2D eigenvalue weighted by Crippen LogP contribution is -2.51. The van der Waals surface area contributed by atoms with Crippen LogP contribution in [0, 0.1) is 11.6 Å². The molecule has 2 heterocycles. The molecule has 116 valence electrons. The number of aromatic nitrogens is 2. The van der Waals surface area contributed by atoms with E-state index in [-0.39, 0.29) is 18.1 Å². The normalized spacial score (nSPS) is 15.5. The Morgan fingerprint density at radius 3 is 2.73 bits per heavy atom. The van der Waals surface area contributed by atoms with Crippen LogP contribution in [-0.2, 0) is 11.2 Å². The van der Waals surface area contributed by atoms with Crippen molar-refractivity contribution in [2.75, 3.05) is 29.4 Å². The Hall–Kier alpha value is -2.09. The Morgan fingerprint density at radius 2 is 2.09 bits per heavy atom. The van der Waals surface area contributed by atoms with Crippen molar-refractivity contribution in [3.05, 3.63) is 34.8 Å². The van der Waals surface area contributed by atoms with Gasteiger partial charge in [0.05, 0.1) is 12.2 Å². The van der Waals surface area contributed by atoms with Crippen LogP contribution in [0.15, 0.2) is 18.2 Å². The standard InChI is InChI=1S/C14H14F2N4OS/c1-2-12-17-18-14(22-12)19-5-6-20(13(21)8-19)11-4-3-9(15)7-10(11)16/h3-4,7H,2,5-6,8H2,1H3. The molecule has 0 saturated carbocycles. The molecule has 1 fully saturated rings. The summed E-state index contributed by atoms with van der Waals surface area (Å²) in [4.78, 5) is 15.4. The monoisotopic (exact) mass is 324 g/mol. The first kappa shape index (κ1) is 14.8. The quantitative estimate of drug-likeness (QED) is 0.869. The van der Waals surface area contributed by atoms with E-state index in [4.69, 9.17) is 0 Å². The lowest BCUT2D eigenvalue weighted by atomic mass is 10.2. The van der Waals surface area contributed by atoms with Gasteiger partial charge in [0, 0.05) is 19.2 Å². The zero-order valence-electron chi connectivity index (χ0n) is 11.9. The molecule has 1 amide bonds. The minimum Gasteiger partial charge on any atom is -0.336 e. The van der Waals surface area contributed by atoms with E-state index in [1.165, 1.54) is 22.3 Å². The molecule has 0 spiro atoms. The predicted octanol–water partition coefficient (Wildman–Crippen LogP) is 2.23. The van der Waals surface area contributed by atoms with Crippen molar-refractivity contribution in [1.82, 2.24) is 10.2 Å². The van der Waals surface area contributed by atoms with Crippen molar-refractivity contribution in [3.63, 3.8) is 0 Å². The number of hydrogen-bond acceptors (Lipinski definition) is 5. The van der Waals surface area contributed by atoms with E-state index in [0.717, 1.165) is 23.6 Å². The van der Waals surface area contributed by atoms with Crippen molar-refractivity contribution >= 4 is 28.1 Å². The van der Waals surface area contributed by atoms with Gasteiger partial charge in [-0.3, -0.25) is 4.79 Å². The highest BCUT2D eigenvalue weighted by Gasteiger charge is 2.28. The molecule has 0 radical (unpaired) electrons. The molecular formula is C14H14F2N4OS. The molecule has 1 aromatic heterocycles. The number of halogens is 2. The first-order valence-electron chi connectivity index (χ1n) is 6.91. The van der Waals surface area contributed by atoms with Crippen molar-refractivity contribution < 1.29 is 13.6 Å². The number of rotatable bonds is 3. The number of nitrogens with zero attached hydrogens (tertiary/aromatic N) is 4. The fourth-order valence-corrected chi connectivity index (χ4v) is 3.11.